The maximum absolute atomic E-state index is 11.9. The van der Waals surface area contributed by atoms with E-state index in [-0.39, 0.29) is 17.9 Å². The van der Waals surface area contributed by atoms with E-state index in [0.717, 1.165) is 25.3 Å². The number of hydrogen-bond donors (Lipinski definition) is 2. The van der Waals surface area contributed by atoms with E-state index in [9.17, 15) is 19.8 Å². The monoisotopic (exact) mass is 310 g/mol. The van der Waals surface area contributed by atoms with Crippen molar-refractivity contribution < 1.29 is 29.3 Å². The van der Waals surface area contributed by atoms with E-state index < -0.39 is 29.4 Å². The van der Waals surface area contributed by atoms with Crippen LogP contribution >= 0.6 is 0 Å². The van der Waals surface area contributed by atoms with Crippen LogP contribution in [0.3, 0.4) is 0 Å². The van der Waals surface area contributed by atoms with Gasteiger partial charge in [-0.15, -0.1) is 0 Å². The van der Waals surface area contributed by atoms with Crippen molar-refractivity contribution in [2.24, 2.45) is 5.92 Å². The minimum Gasteiger partial charge on any atom is -0.504 e. The number of carbonyl (C=O) groups excluding carboxylic acids is 2. The Morgan fingerprint density at radius 3 is 2.45 bits per heavy atom. The molecule has 6 nitrogen and oxygen atoms in total. The average molecular weight is 310 g/mol. The third-order valence-electron chi connectivity index (χ3n) is 2.95. The molecule has 0 aromatic heterocycles. The largest absolute Gasteiger partial charge is 0.504 e. The highest BCUT2D eigenvalue weighted by molar-refractivity contribution is 5.91. The lowest BCUT2D eigenvalue weighted by Gasteiger charge is -2.11. The van der Waals surface area contributed by atoms with Crippen LogP contribution in [0.25, 0.3) is 0 Å². The Bertz CT molecular complexity index is 536. The van der Waals surface area contributed by atoms with Gasteiger partial charge >= 0.3 is 11.9 Å². The van der Waals surface area contributed by atoms with Crippen LogP contribution in [0.5, 0.6) is 17.2 Å². The first-order valence-electron chi connectivity index (χ1n) is 7.31. The number of aromatic hydroxyl groups is 2. The average Bonchev–Trinajstić information content (AvgIpc) is 2.47. The molecule has 22 heavy (non-hydrogen) atoms. The topological polar surface area (TPSA) is 93.1 Å². The van der Waals surface area contributed by atoms with Gasteiger partial charge in [-0.05, 0) is 18.6 Å². The molecule has 0 amide bonds. The van der Waals surface area contributed by atoms with Crippen LogP contribution in [0.1, 0.15) is 50.4 Å². The lowest BCUT2D eigenvalue weighted by Crippen LogP contribution is -2.15. The maximum atomic E-state index is 11.9. The Morgan fingerprint density at radius 2 is 1.86 bits per heavy atom. The lowest BCUT2D eigenvalue weighted by atomic mass is 10.1. The molecule has 0 atom stereocenters. The molecule has 0 aliphatic heterocycles. The summed E-state index contributed by atoms with van der Waals surface area (Å²) >= 11 is 0. The van der Waals surface area contributed by atoms with Crippen molar-refractivity contribution in [1.82, 2.24) is 0 Å². The Kier molecular flexibility index (Phi) is 6.69. The minimum atomic E-state index is -0.645. The van der Waals surface area contributed by atoms with E-state index in [1.54, 1.807) is 13.8 Å². The van der Waals surface area contributed by atoms with Crippen molar-refractivity contribution in [3.63, 3.8) is 0 Å². The van der Waals surface area contributed by atoms with Gasteiger partial charge in [-0.3, -0.25) is 4.79 Å². The highest BCUT2D eigenvalue weighted by atomic mass is 16.5. The predicted octanol–water partition coefficient (Wildman–Crippen LogP) is 3.01. The first-order valence-corrected chi connectivity index (χ1v) is 7.31. The van der Waals surface area contributed by atoms with E-state index in [2.05, 4.69) is 0 Å². The molecule has 1 aromatic carbocycles. The van der Waals surface area contributed by atoms with Crippen LogP contribution in [0.15, 0.2) is 12.1 Å². The number of phenols is 2. The number of hydrogen-bond acceptors (Lipinski definition) is 6. The zero-order chi connectivity index (χ0) is 16.7. The minimum absolute atomic E-state index is 0.0124. The summed E-state index contributed by atoms with van der Waals surface area (Å²) in [5.41, 5.74) is 0.0124. The number of esters is 2. The molecule has 1 aromatic rings. The van der Waals surface area contributed by atoms with Crippen molar-refractivity contribution >= 4 is 11.9 Å². The number of carbonyl (C=O) groups is 2. The summed E-state index contributed by atoms with van der Waals surface area (Å²) in [7, 11) is 0. The standard InChI is InChI=1S/C16H22O6/c1-4-5-6-7-21-16(20)11-8-12(17)14(18)13(9-11)22-15(19)10(2)3/h8-10,17-18H,4-7H2,1-3H3. The lowest BCUT2D eigenvalue weighted by molar-refractivity contribution is -0.137. The molecular weight excluding hydrogens is 288 g/mol. The van der Waals surface area contributed by atoms with Crippen molar-refractivity contribution in [3.8, 4) is 17.2 Å². The number of unbranched alkanes of at least 4 members (excludes halogenated alkanes) is 2. The molecule has 0 saturated carbocycles. The highest BCUT2D eigenvalue weighted by Gasteiger charge is 2.19. The molecule has 0 spiro atoms. The fourth-order valence-electron chi connectivity index (χ4n) is 1.62. The van der Waals surface area contributed by atoms with E-state index in [4.69, 9.17) is 9.47 Å². The van der Waals surface area contributed by atoms with Gasteiger partial charge in [-0.25, -0.2) is 4.79 Å². The van der Waals surface area contributed by atoms with Gasteiger partial charge in [0.05, 0.1) is 18.1 Å². The quantitative estimate of drug-likeness (QED) is 0.348. The molecular formula is C16H22O6. The molecule has 0 aliphatic carbocycles. The molecule has 1 rings (SSSR count). The van der Waals surface area contributed by atoms with Gasteiger partial charge in [0.25, 0.3) is 0 Å². The van der Waals surface area contributed by atoms with Crippen molar-refractivity contribution in [2.75, 3.05) is 6.61 Å². The van der Waals surface area contributed by atoms with Crippen LogP contribution in [0.2, 0.25) is 0 Å². The third kappa shape index (κ3) is 4.95. The molecule has 0 aliphatic rings. The first kappa shape index (κ1) is 17.8. The van der Waals surface area contributed by atoms with Gasteiger partial charge in [0, 0.05) is 0 Å². The van der Waals surface area contributed by atoms with Gasteiger partial charge in [-0.2, -0.15) is 0 Å². The fraction of sp³-hybridized carbons (Fsp3) is 0.500. The van der Waals surface area contributed by atoms with Crippen LogP contribution < -0.4 is 4.74 Å². The molecule has 2 N–H and O–H groups in total. The van der Waals surface area contributed by atoms with Crippen LogP contribution in [0.4, 0.5) is 0 Å². The summed E-state index contributed by atoms with van der Waals surface area (Å²) in [6, 6.07) is 2.25. The van der Waals surface area contributed by atoms with Gasteiger partial charge in [0.2, 0.25) is 5.75 Å². The van der Waals surface area contributed by atoms with Gasteiger partial charge < -0.3 is 19.7 Å². The van der Waals surface area contributed by atoms with Gasteiger partial charge in [-0.1, -0.05) is 33.6 Å². The Hall–Kier alpha value is -2.24. The SMILES string of the molecule is CCCCCOC(=O)c1cc(O)c(O)c(OC(=O)C(C)C)c1. The van der Waals surface area contributed by atoms with Crippen molar-refractivity contribution in [2.45, 2.75) is 40.0 Å². The summed E-state index contributed by atoms with van der Waals surface area (Å²) < 4.78 is 10.0. The zero-order valence-electron chi connectivity index (χ0n) is 13.1. The summed E-state index contributed by atoms with van der Waals surface area (Å²) in [5, 5.41) is 19.3. The maximum Gasteiger partial charge on any atom is 0.338 e. The molecule has 0 saturated heterocycles. The normalized spacial score (nSPS) is 10.5. The van der Waals surface area contributed by atoms with Crippen molar-refractivity contribution in [1.29, 1.82) is 0 Å². The van der Waals surface area contributed by atoms with E-state index in [1.165, 1.54) is 6.07 Å². The number of benzene rings is 1. The number of phenolic OH excluding ortho intramolecular Hbond substituents is 2. The van der Waals surface area contributed by atoms with Gasteiger partial charge in [0.1, 0.15) is 0 Å². The molecule has 0 radical (unpaired) electrons. The molecule has 0 bridgehead atoms. The predicted molar refractivity (Wildman–Crippen MR) is 80.1 cm³/mol. The van der Waals surface area contributed by atoms with Crippen LogP contribution in [-0.4, -0.2) is 28.8 Å². The first-order chi connectivity index (χ1) is 10.4. The van der Waals surface area contributed by atoms with E-state index in [0.29, 0.717) is 0 Å². The van der Waals surface area contributed by atoms with Crippen molar-refractivity contribution in [3.05, 3.63) is 17.7 Å². The van der Waals surface area contributed by atoms with E-state index >= 15 is 0 Å². The summed E-state index contributed by atoms with van der Waals surface area (Å²) in [6.45, 7) is 5.57. The molecule has 122 valence electrons. The molecule has 0 heterocycles. The van der Waals surface area contributed by atoms with Gasteiger partial charge in [0.15, 0.2) is 11.5 Å². The second kappa shape index (κ2) is 8.26. The second-order valence-electron chi connectivity index (χ2n) is 5.26. The Labute approximate surface area is 129 Å². The van der Waals surface area contributed by atoms with Crippen LogP contribution in [-0.2, 0) is 9.53 Å². The molecule has 0 fully saturated rings. The fourth-order valence-corrected chi connectivity index (χ4v) is 1.62. The summed E-state index contributed by atoms with van der Waals surface area (Å²) in [5.74, 6) is -3.03. The summed E-state index contributed by atoms with van der Waals surface area (Å²) in [6.07, 6.45) is 2.71. The highest BCUT2D eigenvalue weighted by Crippen LogP contribution is 2.37. The second-order valence-corrected chi connectivity index (χ2v) is 5.26. The summed E-state index contributed by atoms with van der Waals surface area (Å²) in [4.78, 5) is 23.5. The smallest absolute Gasteiger partial charge is 0.338 e. The third-order valence-corrected chi connectivity index (χ3v) is 2.95. The Morgan fingerprint density at radius 1 is 1.18 bits per heavy atom. The molecule has 0 unspecified atom stereocenters. The van der Waals surface area contributed by atoms with Crippen LogP contribution in [0, 0.1) is 5.92 Å². The zero-order valence-corrected chi connectivity index (χ0v) is 13.1. The number of rotatable bonds is 7. The molecule has 6 heteroatoms. The Balaban J connectivity index is 2.86. The number of ether oxygens (including phenoxy) is 2. The van der Waals surface area contributed by atoms with E-state index in [1.807, 2.05) is 6.92 Å².